The zero-order chi connectivity index (χ0) is 17.5. The first kappa shape index (κ1) is 17.9. The van der Waals surface area contributed by atoms with Crippen molar-refractivity contribution in [1.82, 2.24) is 4.90 Å². The number of thioether (sulfide) groups is 1. The lowest BCUT2D eigenvalue weighted by Gasteiger charge is -2.17. The van der Waals surface area contributed by atoms with Gasteiger partial charge in [0.25, 0.3) is 5.91 Å². The molecule has 0 bridgehead atoms. The molecule has 0 atom stereocenters. The number of nitrogens with zero attached hydrogens (tertiary/aromatic N) is 1. The number of likely N-dealkylation sites (N-methyl/N-ethyl adjacent to an activating group) is 1. The van der Waals surface area contributed by atoms with Crippen molar-refractivity contribution in [3.05, 3.63) is 59.7 Å². The Hall–Kier alpha value is -2.47. The second kappa shape index (κ2) is 8.40. The van der Waals surface area contributed by atoms with Crippen molar-refractivity contribution in [2.75, 3.05) is 19.9 Å². The van der Waals surface area contributed by atoms with Crippen LogP contribution in [0.25, 0.3) is 0 Å². The standard InChI is InChI=1S/C18H20N2O3S/c1-20(11-13-3-9-16(24-2)10-4-13)17(21)12-23-15-7-5-14(6-8-15)18(19)22/h3-10H,11-12H2,1-2H3,(H2,19,22). The first-order valence-electron chi connectivity index (χ1n) is 7.39. The molecule has 2 aromatic carbocycles. The van der Waals surface area contributed by atoms with E-state index in [0.717, 1.165) is 5.56 Å². The number of nitrogens with two attached hydrogens (primary N) is 1. The molecule has 0 aromatic heterocycles. The Morgan fingerprint density at radius 3 is 2.25 bits per heavy atom. The van der Waals surface area contributed by atoms with E-state index < -0.39 is 5.91 Å². The molecule has 2 N–H and O–H groups in total. The highest BCUT2D eigenvalue weighted by atomic mass is 32.2. The first-order chi connectivity index (χ1) is 11.5. The van der Waals surface area contributed by atoms with Gasteiger partial charge in [-0.3, -0.25) is 9.59 Å². The predicted octanol–water partition coefficient (Wildman–Crippen LogP) is 2.54. The SMILES string of the molecule is CSc1ccc(CN(C)C(=O)COc2ccc(C(N)=O)cc2)cc1. The van der Waals surface area contributed by atoms with Gasteiger partial charge in [-0.1, -0.05) is 12.1 Å². The molecule has 6 heteroatoms. The van der Waals surface area contributed by atoms with Gasteiger partial charge in [-0.25, -0.2) is 0 Å². The summed E-state index contributed by atoms with van der Waals surface area (Å²) in [6.45, 7) is 0.465. The largest absolute Gasteiger partial charge is 0.484 e. The van der Waals surface area contributed by atoms with Gasteiger partial charge in [-0.05, 0) is 48.2 Å². The average Bonchev–Trinajstić information content (AvgIpc) is 2.60. The molecule has 0 saturated heterocycles. The summed E-state index contributed by atoms with van der Waals surface area (Å²) in [4.78, 5) is 25.9. The minimum Gasteiger partial charge on any atom is -0.484 e. The summed E-state index contributed by atoms with van der Waals surface area (Å²) >= 11 is 1.68. The maximum Gasteiger partial charge on any atom is 0.260 e. The molecule has 0 unspecified atom stereocenters. The van der Waals surface area contributed by atoms with Gasteiger partial charge in [0.05, 0.1) is 0 Å². The van der Waals surface area contributed by atoms with E-state index in [1.807, 2.05) is 30.5 Å². The number of carbonyl (C=O) groups excluding carboxylic acids is 2. The maximum atomic E-state index is 12.1. The van der Waals surface area contributed by atoms with Gasteiger partial charge in [0.1, 0.15) is 5.75 Å². The summed E-state index contributed by atoms with van der Waals surface area (Å²) in [5.74, 6) is -0.0983. The van der Waals surface area contributed by atoms with Gasteiger partial charge in [-0.2, -0.15) is 0 Å². The Morgan fingerprint density at radius 1 is 1.08 bits per heavy atom. The highest BCUT2D eigenvalue weighted by Gasteiger charge is 2.10. The third-order valence-electron chi connectivity index (χ3n) is 3.51. The number of carbonyl (C=O) groups is 2. The van der Waals surface area contributed by atoms with Crippen molar-refractivity contribution in [2.45, 2.75) is 11.4 Å². The van der Waals surface area contributed by atoms with Crippen molar-refractivity contribution < 1.29 is 14.3 Å². The zero-order valence-electron chi connectivity index (χ0n) is 13.7. The van der Waals surface area contributed by atoms with Gasteiger partial charge in [0.2, 0.25) is 5.91 Å². The Morgan fingerprint density at radius 2 is 1.71 bits per heavy atom. The highest BCUT2D eigenvalue weighted by Crippen LogP contribution is 2.16. The van der Waals surface area contributed by atoms with E-state index >= 15 is 0 Å². The fourth-order valence-corrected chi connectivity index (χ4v) is 2.47. The van der Waals surface area contributed by atoms with E-state index in [1.54, 1.807) is 48.0 Å². The monoisotopic (exact) mass is 344 g/mol. The van der Waals surface area contributed by atoms with Gasteiger partial charge in [0.15, 0.2) is 6.61 Å². The number of amides is 2. The van der Waals surface area contributed by atoms with Gasteiger partial charge in [0, 0.05) is 24.1 Å². The predicted molar refractivity (Wildman–Crippen MR) is 95.2 cm³/mol. The van der Waals surface area contributed by atoms with Crippen molar-refractivity contribution in [2.24, 2.45) is 5.73 Å². The third-order valence-corrected chi connectivity index (χ3v) is 4.25. The fraction of sp³-hybridized carbons (Fsp3) is 0.222. The molecule has 0 aliphatic rings. The van der Waals surface area contributed by atoms with E-state index in [-0.39, 0.29) is 12.5 Å². The van der Waals surface area contributed by atoms with E-state index in [9.17, 15) is 9.59 Å². The van der Waals surface area contributed by atoms with Crippen LogP contribution in [-0.4, -0.2) is 36.6 Å². The fourth-order valence-electron chi connectivity index (χ4n) is 2.06. The first-order valence-corrected chi connectivity index (χ1v) is 8.61. The normalized spacial score (nSPS) is 10.2. The minimum absolute atomic E-state index is 0.0602. The smallest absolute Gasteiger partial charge is 0.260 e. The quantitative estimate of drug-likeness (QED) is 0.784. The molecule has 24 heavy (non-hydrogen) atoms. The summed E-state index contributed by atoms with van der Waals surface area (Å²) in [5, 5.41) is 0. The second-order valence-corrected chi connectivity index (χ2v) is 6.15. The molecule has 5 nitrogen and oxygen atoms in total. The molecule has 0 heterocycles. The topological polar surface area (TPSA) is 72.6 Å². The lowest BCUT2D eigenvalue weighted by Crippen LogP contribution is -2.30. The molecule has 0 aliphatic carbocycles. The van der Waals surface area contributed by atoms with E-state index in [1.165, 1.54) is 4.90 Å². The number of ether oxygens (including phenoxy) is 1. The number of hydrogen-bond donors (Lipinski definition) is 1. The van der Waals surface area contributed by atoms with E-state index in [2.05, 4.69) is 0 Å². The lowest BCUT2D eigenvalue weighted by molar-refractivity contribution is -0.132. The van der Waals surface area contributed by atoms with Crippen molar-refractivity contribution in [3.8, 4) is 5.75 Å². The summed E-state index contributed by atoms with van der Waals surface area (Å²) in [7, 11) is 1.74. The van der Waals surface area contributed by atoms with E-state index in [0.29, 0.717) is 17.9 Å². The van der Waals surface area contributed by atoms with Crippen LogP contribution in [0.3, 0.4) is 0 Å². The van der Waals surface area contributed by atoms with Gasteiger partial charge >= 0.3 is 0 Å². The minimum atomic E-state index is -0.496. The number of primary amides is 1. The second-order valence-electron chi connectivity index (χ2n) is 5.28. The van der Waals surface area contributed by atoms with Crippen LogP contribution in [0, 0.1) is 0 Å². The van der Waals surface area contributed by atoms with Crippen molar-refractivity contribution in [1.29, 1.82) is 0 Å². The summed E-state index contributed by atoms with van der Waals surface area (Å²) in [6, 6.07) is 14.5. The summed E-state index contributed by atoms with van der Waals surface area (Å²) in [5.41, 5.74) is 6.64. The van der Waals surface area contributed by atoms with Crippen LogP contribution in [0.2, 0.25) is 0 Å². The van der Waals surface area contributed by atoms with Crippen LogP contribution >= 0.6 is 11.8 Å². The van der Waals surface area contributed by atoms with Crippen LogP contribution < -0.4 is 10.5 Å². The molecule has 0 spiro atoms. The molecule has 2 aromatic rings. The molecule has 126 valence electrons. The molecule has 0 radical (unpaired) electrons. The molecular weight excluding hydrogens is 324 g/mol. The third kappa shape index (κ3) is 5.03. The lowest BCUT2D eigenvalue weighted by atomic mass is 10.2. The molecule has 0 saturated carbocycles. The molecule has 0 aliphatic heterocycles. The van der Waals surface area contributed by atoms with Crippen LogP contribution in [-0.2, 0) is 11.3 Å². The van der Waals surface area contributed by atoms with Crippen molar-refractivity contribution in [3.63, 3.8) is 0 Å². The molecule has 0 fully saturated rings. The Balaban J connectivity index is 1.85. The molecule has 2 amide bonds. The van der Waals surface area contributed by atoms with Gasteiger partial charge in [-0.15, -0.1) is 11.8 Å². The number of benzene rings is 2. The van der Waals surface area contributed by atoms with Crippen molar-refractivity contribution >= 4 is 23.6 Å². The van der Waals surface area contributed by atoms with Crippen LogP contribution in [0.1, 0.15) is 15.9 Å². The molecule has 2 rings (SSSR count). The summed E-state index contributed by atoms with van der Waals surface area (Å²) < 4.78 is 5.45. The molecular formula is C18H20N2O3S. The maximum absolute atomic E-state index is 12.1. The van der Waals surface area contributed by atoms with Crippen LogP contribution in [0.15, 0.2) is 53.4 Å². The van der Waals surface area contributed by atoms with Crippen LogP contribution in [0.5, 0.6) is 5.75 Å². The Labute approximate surface area is 145 Å². The van der Waals surface area contributed by atoms with Crippen LogP contribution in [0.4, 0.5) is 0 Å². The van der Waals surface area contributed by atoms with E-state index in [4.69, 9.17) is 10.5 Å². The average molecular weight is 344 g/mol. The zero-order valence-corrected chi connectivity index (χ0v) is 14.5. The Bertz CT molecular complexity index is 699. The summed E-state index contributed by atoms with van der Waals surface area (Å²) in [6.07, 6.45) is 2.03. The number of hydrogen-bond acceptors (Lipinski definition) is 4. The Kier molecular flexibility index (Phi) is 6.26. The van der Waals surface area contributed by atoms with Gasteiger partial charge < -0.3 is 15.4 Å². The highest BCUT2D eigenvalue weighted by molar-refractivity contribution is 7.98. The number of rotatable bonds is 7.